The van der Waals surface area contributed by atoms with Crippen LogP contribution < -0.4 is 0 Å². The summed E-state index contributed by atoms with van der Waals surface area (Å²) in [5.74, 6) is 3.05. The molecular weight excluding hydrogens is 340 g/mol. The normalized spacial score (nSPS) is 30.6. The Hall–Kier alpha value is -2.54. The molecule has 0 aliphatic heterocycles. The Labute approximate surface area is 165 Å². The molecule has 0 saturated heterocycles. The summed E-state index contributed by atoms with van der Waals surface area (Å²) in [6.45, 7) is 0. The van der Waals surface area contributed by atoms with Gasteiger partial charge >= 0.3 is 0 Å². The SMILES string of the molecule is c1ccc2c(c1)oc1cc(-c3ccc(C45CC6CC(C4)C(C6)C5)cc3)ccc12. The molecule has 0 amide bonds. The lowest BCUT2D eigenvalue weighted by Crippen LogP contribution is -2.31. The number of rotatable bonds is 2. The number of fused-ring (bicyclic) bond motifs is 3. The minimum Gasteiger partial charge on any atom is -0.456 e. The van der Waals surface area contributed by atoms with Crippen molar-refractivity contribution in [3.8, 4) is 11.1 Å². The van der Waals surface area contributed by atoms with Gasteiger partial charge in [-0.3, -0.25) is 0 Å². The predicted octanol–water partition coefficient (Wildman–Crippen LogP) is 7.33. The molecule has 4 bridgehead atoms. The van der Waals surface area contributed by atoms with Crippen molar-refractivity contribution in [2.75, 3.05) is 0 Å². The third-order valence-corrected chi connectivity index (χ3v) is 8.13. The van der Waals surface area contributed by atoms with Gasteiger partial charge in [-0.15, -0.1) is 0 Å². The zero-order chi connectivity index (χ0) is 18.3. The minimum atomic E-state index is 0.498. The summed E-state index contributed by atoms with van der Waals surface area (Å²) < 4.78 is 6.09. The van der Waals surface area contributed by atoms with E-state index in [1.165, 1.54) is 54.0 Å². The highest BCUT2D eigenvalue weighted by Gasteiger charge is 2.56. The van der Waals surface area contributed by atoms with Crippen molar-refractivity contribution in [3.05, 3.63) is 72.3 Å². The number of furan rings is 1. The Bertz CT molecular complexity index is 1190. The van der Waals surface area contributed by atoms with Crippen LogP contribution in [0.15, 0.2) is 71.1 Å². The zero-order valence-electron chi connectivity index (χ0n) is 16.0. The number of benzene rings is 3. The Balaban J connectivity index is 1.26. The van der Waals surface area contributed by atoms with Gasteiger partial charge in [-0.25, -0.2) is 0 Å². The maximum Gasteiger partial charge on any atom is 0.136 e. The van der Waals surface area contributed by atoms with Gasteiger partial charge in [-0.2, -0.15) is 0 Å². The standard InChI is InChI=1S/C27H24O/c1-2-4-25-23(3-1)24-10-7-19(13-26(24)28-25)18-5-8-22(9-6-18)27-14-17-11-20(15-27)21(12-17)16-27/h1-10,13,17,20-21H,11-12,14-16H2. The van der Waals surface area contributed by atoms with E-state index in [1.54, 1.807) is 5.56 Å². The second-order valence-corrected chi connectivity index (χ2v) is 9.64. The van der Waals surface area contributed by atoms with E-state index in [0.29, 0.717) is 5.41 Å². The van der Waals surface area contributed by atoms with E-state index in [2.05, 4.69) is 54.6 Å². The molecule has 0 spiro atoms. The van der Waals surface area contributed by atoms with Crippen molar-refractivity contribution in [1.82, 2.24) is 0 Å². The largest absolute Gasteiger partial charge is 0.456 e. The molecule has 1 heteroatoms. The molecular formula is C27H24O. The third-order valence-electron chi connectivity index (χ3n) is 8.13. The first-order chi connectivity index (χ1) is 13.8. The van der Waals surface area contributed by atoms with Gasteiger partial charge in [-0.1, -0.05) is 48.5 Å². The molecule has 0 radical (unpaired) electrons. The van der Waals surface area contributed by atoms with Crippen molar-refractivity contribution < 1.29 is 4.42 Å². The lowest BCUT2D eigenvalue weighted by atomic mass is 9.66. The van der Waals surface area contributed by atoms with Gasteiger partial charge in [0.1, 0.15) is 11.2 Å². The molecule has 4 aliphatic rings. The fourth-order valence-electron chi connectivity index (χ4n) is 7.09. The summed E-state index contributed by atoms with van der Waals surface area (Å²) in [4.78, 5) is 0. The van der Waals surface area contributed by atoms with Crippen molar-refractivity contribution in [2.24, 2.45) is 17.8 Å². The lowest BCUT2D eigenvalue weighted by molar-refractivity contribution is 0.229. The molecule has 1 heterocycles. The first kappa shape index (κ1) is 15.4. The highest BCUT2D eigenvalue weighted by Crippen LogP contribution is 2.64. The number of para-hydroxylation sites is 1. The average molecular weight is 364 g/mol. The molecule has 1 aromatic heterocycles. The van der Waals surface area contributed by atoms with E-state index in [9.17, 15) is 0 Å². The van der Waals surface area contributed by atoms with E-state index in [-0.39, 0.29) is 0 Å². The van der Waals surface area contributed by atoms with E-state index in [4.69, 9.17) is 4.42 Å². The van der Waals surface area contributed by atoms with Crippen LogP contribution >= 0.6 is 0 Å². The molecule has 1 nitrogen and oxygen atoms in total. The second kappa shape index (κ2) is 5.29. The summed E-state index contributed by atoms with van der Waals surface area (Å²) in [6.07, 6.45) is 7.35. The van der Waals surface area contributed by atoms with Crippen molar-refractivity contribution in [2.45, 2.75) is 37.5 Å². The smallest absolute Gasteiger partial charge is 0.136 e. The Kier molecular flexibility index (Phi) is 2.91. The zero-order valence-corrected chi connectivity index (χ0v) is 16.0. The van der Waals surface area contributed by atoms with Crippen LogP contribution in [0, 0.1) is 17.8 Å². The van der Waals surface area contributed by atoms with Crippen LogP contribution in [0.3, 0.4) is 0 Å². The van der Waals surface area contributed by atoms with Crippen LogP contribution in [0.5, 0.6) is 0 Å². The fourth-order valence-corrected chi connectivity index (χ4v) is 7.09. The molecule has 4 fully saturated rings. The summed E-state index contributed by atoms with van der Waals surface area (Å²) in [7, 11) is 0. The van der Waals surface area contributed by atoms with Gasteiger partial charge in [0.2, 0.25) is 0 Å². The maximum absolute atomic E-state index is 6.09. The molecule has 2 atom stereocenters. The molecule has 4 aromatic rings. The van der Waals surface area contributed by atoms with Crippen LogP contribution in [0.4, 0.5) is 0 Å². The first-order valence-corrected chi connectivity index (χ1v) is 10.8. The summed E-state index contributed by atoms with van der Waals surface area (Å²) in [6, 6.07) is 24.5. The highest BCUT2D eigenvalue weighted by atomic mass is 16.3. The van der Waals surface area contributed by atoms with Crippen molar-refractivity contribution in [3.63, 3.8) is 0 Å². The fraction of sp³-hybridized carbons (Fsp3) is 0.333. The minimum absolute atomic E-state index is 0.498. The third kappa shape index (κ3) is 2.02. The van der Waals surface area contributed by atoms with E-state index >= 15 is 0 Å². The Morgan fingerprint density at radius 3 is 2.18 bits per heavy atom. The quantitative estimate of drug-likeness (QED) is 0.363. The Morgan fingerprint density at radius 1 is 0.679 bits per heavy atom. The summed E-state index contributed by atoms with van der Waals surface area (Å²) in [5, 5.41) is 2.40. The molecule has 28 heavy (non-hydrogen) atoms. The monoisotopic (exact) mass is 364 g/mol. The number of hydrogen-bond donors (Lipinski definition) is 0. The van der Waals surface area contributed by atoms with Gasteiger partial charge < -0.3 is 4.42 Å². The molecule has 2 unspecified atom stereocenters. The van der Waals surface area contributed by atoms with Crippen molar-refractivity contribution >= 4 is 21.9 Å². The van der Waals surface area contributed by atoms with E-state index in [1.807, 2.05) is 12.1 Å². The van der Waals surface area contributed by atoms with Crippen molar-refractivity contribution in [1.29, 1.82) is 0 Å². The van der Waals surface area contributed by atoms with E-state index in [0.717, 1.165) is 28.9 Å². The van der Waals surface area contributed by atoms with Gasteiger partial charge in [0.05, 0.1) is 0 Å². The summed E-state index contributed by atoms with van der Waals surface area (Å²) in [5.41, 5.74) is 6.57. The van der Waals surface area contributed by atoms with Crippen LogP contribution in [-0.4, -0.2) is 0 Å². The van der Waals surface area contributed by atoms with Gasteiger partial charge in [0.15, 0.2) is 0 Å². The van der Waals surface area contributed by atoms with Crippen LogP contribution in [-0.2, 0) is 5.41 Å². The second-order valence-electron chi connectivity index (χ2n) is 9.64. The van der Waals surface area contributed by atoms with Crippen LogP contribution in [0.25, 0.3) is 33.1 Å². The van der Waals surface area contributed by atoms with Crippen LogP contribution in [0.1, 0.15) is 37.7 Å². The Morgan fingerprint density at radius 2 is 1.39 bits per heavy atom. The molecule has 3 aromatic carbocycles. The topological polar surface area (TPSA) is 13.1 Å². The molecule has 8 rings (SSSR count). The average Bonchev–Trinajstić information content (AvgIpc) is 3.32. The van der Waals surface area contributed by atoms with Gasteiger partial charge in [0.25, 0.3) is 0 Å². The lowest BCUT2D eigenvalue weighted by Gasteiger charge is -2.39. The van der Waals surface area contributed by atoms with Gasteiger partial charge in [-0.05, 0) is 90.2 Å². The van der Waals surface area contributed by atoms with Gasteiger partial charge in [0, 0.05) is 10.8 Å². The predicted molar refractivity (Wildman–Crippen MR) is 114 cm³/mol. The molecule has 4 aliphatic carbocycles. The molecule has 0 N–H and O–H groups in total. The highest BCUT2D eigenvalue weighted by molar-refractivity contribution is 6.05. The maximum atomic E-state index is 6.09. The van der Waals surface area contributed by atoms with Crippen LogP contribution in [0.2, 0.25) is 0 Å². The molecule has 138 valence electrons. The van der Waals surface area contributed by atoms with E-state index < -0.39 is 0 Å². The summed E-state index contributed by atoms with van der Waals surface area (Å²) >= 11 is 0. The first-order valence-electron chi connectivity index (χ1n) is 10.8. The number of hydrogen-bond acceptors (Lipinski definition) is 1. The molecule has 4 saturated carbocycles.